The van der Waals surface area contributed by atoms with Gasteiger partial charge in [0.1, 0.15) is 17.9 Å². The summed E-state index contributed by atoms with van der Waals surface area (Å²) in [5, 5.41) is 6.12. The first-order valence-electron chi connectivity index (χ1n) is 12.2. The highest BCUT2D eigenvalue weighted by atomic mass is 16.5. The predicted octanol–water partition coefficient (Wildman–Crippen LogP) is 2.77. The summed E-state index contributed by atoms with van der Waals surface area (Å²) in [7, 11) is 0. The van der Waals surface area contributed by atoms with Crippen LogP contribution in [0.2, 0.25) is 0 Å². The zero-order chi connectivity index (χ0) is 22.2. The highest BCUT2D eigenvalue weighted by Gasteiger charge is 2.39. The number of fused-ring (bicyclic) bond motifs is 1. The molecular weight excluding hydrogens is 406 g/mol. The molecule has 0 aromatic heterocycles. The van der Waals surface area contributed by atoms with E-state index in [0.717, 1.165) is 42.5 Å². The van der Waals surface area contributed by atoms with E-state index in [4.69, 9.17) is 4.74 Å². The summed E-state index contributed by atoms with van der Waals surface area (Å²) in [6.45, 7) is 3.78. The molecule has 3 atom stereocenters. The molecule has 2 heterocycles. The molecule has 3 amide bonds. The van der Waals surface area contributed by atoms with Gasteiger partial charge in [0.2, 0.25) is 11.8 Å². The molecule has 1 aromatic rings. The molecule has 0 bridgehead atoms. The molecule has 0 radical (unpaired) electrons. The normalized spacial score (nSPS) is 32.3. The van der Waals surface area contributed by atoms with Gasteiger partial charge in [0, 0.05) is 24.6 Å². The van der Waals surface area contributed by atoms with Gasteiger partial charge >= 0.3 is 0 Å². The Kier molecular flexibility index (Phi) is 5.93. The number of hydrogen-bond donors (Lipinski definition) is 2. The number of benzene rings is 1. The minimum atomic E-state index is -0.585. The average Bonchev–Trinajstić information content (AvgIpc) is 3.07. The van der Waals surface area contributed by atoms with Crippen LogP contribution < -0.4 is 15.4 Å². The van der Waals surface area contributed by atoms with E-state index in [2.05, 4.69) is 17.6 Å². The number of piperidine rings is 1. The van der Waals surface area contributed by atoms with Crippen molar-refractivity contribution in [1.82, 2.24) is 15.5 Å². The minimum Gasteiger partial charge on any atom is -0.489 e. The summed E-state index contributed by atoms with van der Waals surface area (Å²) in [6, 6.07) is 5.44. The molecule has 7 heteroatoms. The minimum absolute atomic E-state index is 0.141. The highest BCUT2D eigenvalue weighted by molar-refractivity contribution is 6.05. The van der Waals surface area contributed by atoms with E-state index in [1.54, 1.807) is 4.90 Å². The number of nitrogens with one attached hydrogen (secondary N) is 2. The number of hydrogen-bond acceptors (Lipinski definition) is 5. The maximum atomic E-state index is 12.9. The number of imide groups is 1. The number of carbonyl (C=O) groups excluding carboxylic acids is 3. The Morgan fingerprint density at radius 1 is 1.12 bits per heavy atom. The third-order valence-corrected chi connectivity index (χ3v) is 7.63. The third kappa shape index (κ3) is 4.27. The molecule has 7 nitrogen and oxygen atoms in total. The number of nitrogens with zero attached hydrogens (tertiary/aromatic N) is 1. The summed E-state index contributed by atoms with van der Waals surface area (Å²) in [5.41, 5.74) is 1.51. The van der Waals surface area contributed by atoms with Crippen LogP contribution in [0, 0.1) is 11.8 Å². The van der Waals surface area contributed by atoms with Crippen LogP contribution >= 0.6 is 0 Å². The second-order valence-electron chi connectivity index (χ2n) is 10.1. The Morgan fingerprint density at radius 2 is 1.94 bits per heavy atom. The molecular formula is C25H33N3O4. The zero-order valence-corrected chi connectivity index (χ0v) is 18.8. The fraction of sp³-hybridized carbons (Fsp3) is 0.640. The molecule has 2 aliphatic carbocycles. The molecule has 172 valence electrons. The zero-order valence-electron chi connectivity index (χ0n) is 18.8. The quantitative estimate of drug-likeness (QED) is 0.666. The third-order valence-electron chi connectivity index (χ3n) is 7.63. The summed E-state index contributed by atoms with van der Waals surface area (Å²) < 4.78 is 6.43. The van der Waals surface area contributed by atoms with E-state index >= 15 is 0 Å². The maximum absolute atomic E-state index is 12.9. The van der Waals surface area contributed by atoms with Gasteiger partial charge in [-0.2, -0.15) is 0 Å². The smallest absolute Gasteiger partial charge is 0.255 e. The summed E-state index contributed by atoms with van der Waals surface area (Å²) in [4.78, 5) is 38.2. The number of rotatable bonds is 6. The second-order valence-corrected chi connectivity index (χ2v) is 10.1. The first-order chi connectivity index (χ1) is 15.5. The first-order valence-corrected chi connectivity index (χ1v) is 12.2. The highest BCUT2D eigenvalue weighted by Crippen LogP contribution is 2.34. The van der Waals surface area contributed by atoms with Crippen LogP contribution in [0.1, 0.15) is 74.2 Å². The van der Waals surface area contributed by atoms with E-state index < -0.39 is 6.04 Å². The number of carbonyl (C=O) groups is 3. The van der Waals surface area contributed by atoms with Crippen LogP contribution in [-0.4, -0.2) is 47.4 Å². The molecule has 2 aliphatic heterocycles. The van der Waals surface area contributed by atoms with Crippen LogP contribution in [0.25, 0.3) is 0 Å². The Balaban J connectivity index is 1.23. The molecule has 3 fully saturated rings. The molecule has 0 spiro atoms. The number of ether oxygens (including phenoxy) is 1. The predicted molar refractivity (Wildman–Crippen MR) is 119 cm³/mol. The van der Waals surface area contributed by atoms with Gasteiger partial charge in [0.25, 0.3) is 5.91 Å². The molecule has 2 saturated carbocycles. The van der Waals surface area contributed by atoms with E-state index in [1.165, 1.54) is 25.7 Å². The van der Waals surface area contributed by atoms with Crippen molar-refractivity contribution in [2.45, 2.75) is 83.0 Å². The Morgan fingerprint density at radius 3 is 2.72 bits per heavy atom. The van der Waals surface area contributed by atoms with Gasteiger partial charge in [0.15, 0.2) is 0 Å². The topological polar surface area (TPSA) is 87.7 Å². The molecule has 1 unspecified atom stereocenters. The van der Waals surface area contributed by atoms with Gasteiger partial charge in [0.05, 0.1) is 0 Å². The van der Waals surface area contributed by atoms with Crippen molar-refractivity contribution < 1.29 is 19.1 Å². The van der Waals surface area contributed by atoms with Gasteiger partial charge in [-0.1, -0.05) is 13.3 Å². The Labute approximate surface area is 189 Å². The van der Waals surface area contributed by atoms with Crippen molar-refractivity contribution >= 4 is 17.7 Å². The van der Waals surface area contributed by atoms with Crippen molar-refractivity contribution in [2.24, 2.45) is 11.8 Å². The lowest BCUT2D eigenvalue weighted by Gasteiger charge is -2.37. The van der Waals surface area contributed by atoms with Crippen molar-refractivity contribution in [3.63, 3.8) is 0 Å². The van der Waals surface area contributed by atoms with E-state index in [1.807, 2.05) is 18.2 Å². The van der Waals surface area contributed by atoms with Crippen LogP contribution in [0.15, 0.2) is 18.2 Å². The average molecular weight is 440 g/mol. The van der Waals surface area contributed by atoms with E-state index in [-0.39, 0.29) is 30.2 Å². The van der Waals surface area contributed by atoms with Crippen LogP contribution in [0.5, 0.6) is 5.75 Å². The summed E-state index contributed by atoms with van der Waals surface area (Å²) in [6.07, 6.45) is 8.03. The standard InChI is InChI=1S/C25H33N3O4/c1-15-10-16(11-15)13-26-20-4-2-3-5-22(20)32-18-6-7-19-17(12-18)14-28(25(19)31)21-8-9-23(29)27-24(21)30/h6-7,12,15-16,20-22,26H,2-5,8-11,13-14H2,1H3,(H,27,29,30)/t15?,16?,20-,21?,22+/m1/s1. The van der Waals surface area contributed by atoms with Crippen molar-refractivity contribution in [3.05, 3.63) is 29.3 Å². The van der Waals surface area contributed by atoms with Gasteiger partial charge < -0.3 is 15.0 Å². The van der Waals surface area contributed by atoms with Gasteiger partial charge in [-0.25, -0.2) is 0 Å². The Bertz CT molecular complexity index is 910. The van der Waals surface area contributed by atoms with Crippen molar-refractivity contribution in [2.75, 3.05) is 6.54 Å². The molecule has 4 aliphatic rings. The lowest BCUT2D eigenvalue weighted by atomic mass is 9.76. The monoisotopic (exact) mass is 439 g/mol. The molecule has 32 heavy (non-hydrogen) atoms. The Hall–Kier alpha value is -2.41. The van der Waals surface area contributed by atoms with Crippen LogP contribution in [0.4, 0.5) is 0 Å². The van der Waals surface area contributed by atoms with Crippen molar-refractivity contribution in [1.29, 1.82) is 0 Å². The fourth-order valence-electron chi connectivity index (χ4n) is 5.82. The molecule has 2 N–H and O–H groups in total. The maximum Gasteiger partial charge on any atom is 0.255 e. The largest absolute Gasteiger partial charge is 0.489 e. The lowest BCUT2D eigenvalue weighted by Crippen LogP contribution is -2.52. The first kappa shape index (κ1) is 21.4. The van der Waals surface area contributed by atoms with Crippen LogP contribution in [0.3, 0.4) is 0 Å². The summed E-state index contributed by atoms with van der Waals surface area (Å²) in [5.74, 6) is 1.67. The van der Waals surface area contributed by atoms with Gasteiger partial charge in [-0.15, -0.1) is 0 Å². The van der Waals surface area contributed by atoms with Crippen molar-refractivity contribution in [3.8, 4) is 5.75 Å². The van der Waals surface area contributed by atoms with Gasteiger partial charge in [-0.3, -0.25) is 19.7 Å². The number of amides is 3. The second kappa shape index (κ2) is 8.85. The van der Waals surface area contributed by atoms with Gasteiger partial charge in [-0.05, 0) is 80.7 Å². The fourth-order valence-corrected chi connectivity index (χ4v) is 5.82. The van der Waals surface area contributed by atoms with Crippen LogP contribution in [-0.2, 0) is 16.1 Å². The molecule has 1 saturated heterocycles. The van der Waals surface area contributed by atoms with E-state index in [0.29, 0.717) is 24.6 Å². The van der Waals surface area contributed by atoms with E-state index in [9.17, 15) is 14.4 Å². The lowest BCUT2D eigenvalue weighted by molar-refractivity contribution is -0.136. The molecule has 1 aromatic carbocycles. The SMILES string of the molecule is CC1CC(CN[C@@H]2CCCC[C@@H]2Oc2ccc3c(c2)CN(C2CCC(=O)NC2=O)C3=O)C1. The summed E-state index contributed by atoms with van der Waals surface area (Å²) >= 11 is 0. The molecule has 5 rings (SSSR count).